The highest BCUT2D eigenvalue weighted by atomic mass is 28.4. The van der Waals surface area contributed by atoms with Gasteiger partial charge in [0, 0.05) is 26.3 Å². The molecule has 2 aliphatic heterocycles. The predicted octanol–water partition coefficient (Wildman–Crippen LogP) is 4.36. The summed E-state index contributed by atoms with van der Waals surface area (Å²) in [6.45, 7) is 6.04. The summed E-state index contributed by atoms with van der Waals surface area (Å²) >= 11 is 0. The van der Waals surface area contributed by atoms with E-state index in [0.717, 1.165) is 18.4 Å². The first kappa shape index (κ1) is 20.3. The molecule has 0 aromatic rings. The molecule has 6 unspecified atom stereocenters. The van der Waals surface area contributed by atoms with Gasteiger partial charge >= 0.3 is 8.72 Å². The fourth-order valence-corrected chi connectivity index (χ4v) is 12.3. The van der Waals surface area contributed by atoms with Crippen molar-refractivity contribution in [1.82, 2.24) is 9.88 Å². The van der Waals surface area contributed by atoms with E-state index < -0.39 is 8.72 Å². The first-order valence-corrected chi connectivity index (χ1v) is 13.5. The van der Waals surface area contributed by atoms with Crippen LogP contribution in [-0.4, -0.2) is 51.3 Å². The third-order valence-corrected chi connectivity index (χ3v) is 13.3. The molecule has 4 fully saturated rings. The van der Waals surface area contributed by atoms with Crippen LogP contribution in [0.4, 0.5) is 0 Å². The normalized spacial score (nSPS) is 43.8. The van der Waals surface area contributed by atoms with Gasteiger partial charge in [-0.2, -0.15) is 0 Å². The largest absolute Gasteiger partial charge is 0.448 e. The molecule has 0 amide bonds. The lowest BCUT2D eigenvalue weighted by Crippen LogP contribution is -2.83. The summed E-state index contributed by atoms with van der Waals surface area (Å²) in [4.78, 5) is 0. The molecular weight excluding hydrogens is 352 g/mol. The highest BCUT2D eigenvalue weighted by Crippen LogP contribution is 2.50. The minimum absolute atomic E-state index is 0.0204. The highest BCUT2D eigenvalue weighted by Gasteiger charge is 2.67. The van der Waals surface area contributed by atoms with Crippen LogP contribution in [0.15, 0.2) is 0 Å². The maximum absolute atomic E-state index is 6.62. The first-order chi connectivity index (χ1) is 13.1. The van der Waals surface area contributed by atoms with Crippen LogP contribution in [0.25, 0.3) is 0 Å². The number of rotatable bonds is 4. The van der Waals surface area contributed by atoms with Crippen molar-refractivity contribution in [2.75, 3.05) is 20.8 Å². The lowest BCUT2D eigenvalue weighted by molar-refractivity contribution is -0.0104. The number of hydrogen-bond acceptors (Lipinski definition) is 4. The van der Waals surface area contributed by atoms with Gasteiger partial charge in [-0.3, -0.25) is 4.57 Å². The summed E-state index contributed by atoms with van der Waals surface area (Å²) in [6.07, 6.45) is 15.1. The van der Waals surface area contributed by atoms with Gasteiger partial charge in [-0.05, 0) is 76.7 Å². The summed E-state index contributed by atoms with van der Waals surface area (Å²) in [5.74, 6) is 2.40. The Morgan fingerprint density at radius 3 is 2.26 bits per heavy atom. The van der Waals surface area contributed by atoms with E-state index in [1.165, 1.54) is 70.6 Å². The second-order valence-corrected chi connectivity index (χ2v) is 13.5. The number of hydrogen-bond donors (Lipinski definition) is 1. The lowest BCUT2D eigenvalue weighted by Gasteiger charge is -2.62. The van der Waals surface area contributed by atoms with Gasteiger partial charge in [-0.15, -0.1) is 0 Å². The van der Waals surface area contributed by atoms with Gasteiger partial charge in [-0.1, -0.05) is 32.1 Å². The average molecular weight is 395 g/mol. The van der Waals surface area contributed by atoms with Crippen molar-refractivity contribution in [3.8, 4) is 0 Å². The molecule has 2 aliphatic carbocycles. The molecule has 2 heterocycles. The predicted molar refractivity (Wildman–Crippen MR) is 113 cm³/mol. The zero-order chi connectivity index (χ0) is 19.1. The van der Waals surface area contributed by atoms with Gasteiger partial charge in [0.15, 0.2) is 0 Å². The average Bonchev–Trinajstić information content (AvgIpc) is 2.71. The van der Waals surface area contributed by atoms with Crippen LogP contribution in [0.2, 0.25) is 0 Å². The molecule has 0 aromatic carbocycles. The zero-order valence-corrected chi connectivity index (χ0v) is 19.1. The van der Waals surface area contributed by atoms with Crippen molar-refractivity contribution in [3.05, 3.63) is 0 Å². The van der Waals surface area contributed by atoms with Crippen LogP contribution >= 0.6 is 0 Å². The number of nitrogens with one attached hydrogen (secondary N) is 1. The van der Waals surface area contributed by atoms with Crippen LogP contribution in [0.3, 0.4) is 0 Å². The van der Waals surface area contributed by atoms with Crippen molar-refractivity contribution in [2.45, 2.75) is 102 Å². The van der Waals surface area contributed by atoms with Gasteiger partial charge in [-0.25, -0.2) is 0 Å². The van der Waals surface area contributed by atoms with Crippen LogP contribution in [0, 0.1) is 17.8 Å². The SMILES string of the molecule is CO[Si](OC)(N1C(C)CCC2CCCCC21)C1(C)NCCC2CCCCC21. The van der Waals surface area contributed by atoms with Gasteiger partial charge in [0.2, 0.25) is 0 Å². The van der Waals surface area contributed by atoms with Gasteiger partial charge in [0.1, 0.15) is 0 Å². The Kier molecular flexibility index (Phi) is 6.07. The lowest BCUT2D eigenvalue weighted by atomic mass is 9.71. The molecule has 0 radical (unpaired) electrons. The quantitative estimate of drug-likeness (QED) is 0.718. The smallest absolute Gasteiger partial charge is 0.385 e. The zero-order valence-electron chi connectivity index (χ0n) is 18.1. The molecule has 0 spiro atoms. The van der Waals surface area contributed by atoms with Gasteiger partial charge in [0.25, 0.3) is 0 Å². The van der Waals surface area contributed by atoms with E-state index in [-0.39, 0.29) is 5.16 Å². The van der Waals surface area contributed by atoms with E-state index in [2.05, 4.69) is 23.7 Å². The molecule has 0 bridgehead atoms. The van der Waals surface area contributed by atoms with Crippen molar-refractivity contribution < 1.29 is 8.85 Å². The molecule has 6 atom stereocenters. The van der Waals surface area contributed by atoms with Crippen LogP contribution < -0.4 is 5.32 Å². The highest BCUT2D eigenvalue weighted by molar-refractivity contribution is 6.68. The van der Waals surface area contributed by atoms with Crippen molar-refractivity contribution >= 4 is 8.72 Å². The Bertz CT molecular complexity index is 513. The molecule has 156 valence electrons. The Morgan fingerprint density at radius 2 is 1.52 bits per heavy atom. The third kappa shape index (κ3) is 3.16. The van der Waals surface area contributed by atoms with Crippen molar-refractivity contribution in [2.24, 2.45) is 17.8 Å². The summed E-state index contributed by atoms with van der Waals surface area (Å²) in [6, 6.07) is 1.23. The topological polar surface area (TPSA) is 33.7 Å². The van der Waals surface area contributed by atoms with Gasteiger partial charge < -0.3 is 14.2 Å². The molecular formula is C22H42N2O2Si. The molecule has 1 N–H and O–H groups in total. The van der Waals surface area contributed by atoms with E-state index in [1.807, 2.05) is 14.2 Å². The van der Waals surface area contributed by atoms with Crippen molar-refractivity contribution in [3.63, 3.8) is 0 Å². The Morgan fingerprint density at radius 1 is 0.852 bits per heavy atom. The molecule has 0 aromatic heterocycles. The monoisotopic (exact) mass is 394 g/mol. The fraction of sp³-hybridized carbons (Fsp3) is 1.00. The first-order valence-electron chi connectivity index (χ1n) is 11.7. The summed E-state index contributed by atoms with van der Waals surface area (Å²) in [5, 5.41) is 4.00. The maximum Gasteiger partial charge on any atom is 0.448 e. The van der Waals surface area contributed by atoms with Crippen molar-refractivity contribution in [1.29, 1.82) is 0 Å². The molecule has 4 rings (SSSR count). The van der Waals surface area contributed by atoms with Gasteiger partial charge in [0.05, 0.1) is 5.16 Å². The molecule has 2 saturated heterocycles. The van der Waals surface area contributed by atoms with Crippen LogP contribution in [0.5, 0.6) is 0 Å². The van der Waals surface area contributed by atoms with E-state index in [1.54, 1.807) is 0 Å². The maximum atomic E-state index is 6.62. The Labute approximate surface area is 168 Å². The molecule has 4 nitrogen and oxygen atoms in total. The van der Waals surface area contributed by atoms with E-state index >= 15 is 0 Å². The Balaban J connectivity index is 1.74. The van der Waals surface area contributed by atoms with E-state index in [4.69, 9.17) is 8.85 Å². The Hall–Kier alpha value is 0.0569. The third-order valence-electron chi connectivity index (χ3n) is 8.86. The van der Waals surface area contributed by atoms with E-state index in [9.17, 15) is 0 Å². The molecule has 2 saturated carbocycles. The molecule has 4 aliphatic rings. The summed E-state index contributed by atoms with van der Waals surface area (Å²) in [7, 11) is 1.28. The summed E-state index contributed by atoms with van der Waals surface area (Å²) in [5.41, 5.74) is 0. The summed E-state index contributed by atoms with van der Waals surface area (Å²) < 4.78 is 16.1. The minimum Gasteiger partial charge on any atom is -0.385 e. The van der Waals surface area contributed by atoms with E-state index in [0.29, 0.717) is 18.0 Å². The van der Waals surface area contributed by atoms with Crippen LogP contribution in [0.1, 0.15) is 84.5 Å². The molecule has 27 heavy (non-hydrogen) atoms. The molecule has 5 heteroatoms. The number of nitrogens with zero attached hydrogens (tertiary/aromatic N) is 1. The second kappa shape index (κ2) is 8.06. The standard InChI is InChI=1S/C22H42N2O2Si/c1-17-13-14-19-10-6-8-12-21(19)24(17)27(25-3,26-4)22(2)20-11-7-5-9-18(20)15-16-23-22/h17-21,23H,5-16H2,1-4H3. The number of fused-ring (bicyclic) bond motifs is 2. The number of piperidine rings is 2. The second-order valence-electron chi connectivity index (χ2n) is 10.0. The fourth-order valence-electron chi connectivity index (χ4n) is 7.61. The van der Waals surface area contributed by atoms with Crippen LogP contribution in [-0.2, 0) is 8.85 Å². The minimum atomic E-state index is -2.62.